The van der Waals surface area contributed by atoms with Crippen molar-refractivity contribution < 1.29 is 13.0 Å². The van der Waals surface area contributed by atoms with Crippen molar-refractivity contribution in [3.05, 3.63) is 24.3 Å². The summed E-state index contributed by atoms with van der Waals surface area (Å²) < 4.78 is 29.3. The van der Waals surface area contributed by atoms with E-state index in [1.165, 1.54) is 0 Å². The van der Waals surface area contributed by atoms with E-state index in [2.05, 4.69) is 5.32 Å². The van der Waals surface area contributed by atoms with E-state index in [1.807, 2.05) is 12.1 Å². The van der Waals surface area contributed by atoms with E-state index in [0.29, 0.717) is 25.1 Å². The first-order valence-electron chi connectivity index (χ1n) is 5.02. The Bertz CT molecular complexity index is 414. The van der Waals surface area contributed by atoms with Gasteiger partial charge in [0.2, 0.25) is 0 Å². The molecule has 4 N–H and O–H groups in total. The number of hydrogen-bond acceptors (Lipinski definition) is 4. The first kappa shape index (κ1) is 12.8. The Kier molecular flexibility index (Phi) is 4.57. The minimum absolute atomic E-state index is 0.184. The quantitative estimate of drug-likeness (QED) is 0.399. The molecule has 16 heavy (non-hydrogen) atoms. The monoisotopic (exact) mass is 244 g/mol. The standard InChI is InChI=1S/C10H16N2O3S/c11-9-3-5-10(6-4-9)12-7-1-2-8-16(13,14)15/h3-6,12H,1-2,7-8,11H2,(H,13,14,15). The first-order chi connectivity index (χ1) is 7.47. The minimum atomic E-state index is -3.82. The van der Waals surface area contributed by atoms with E-state index in [1.54, 1.807) is 12.1 Å². The van der Waals surface area contributed by atoms with E-state index >= 15 is 0 Å². The Hall–Kier alpha value is -1.27. The molecule has 0 radical (unpaired) electrons. The Balaban J connectivity index is 2.19. The van der Waals surface area contributed by atoms with E-state index < -0.39 is 10.1 Å². The fourth-order valence-electron chi connectivity index (χ4n) is 1.24. The summed E-state index contributed by atoms with van der Waals surface area (Å²) in [5.41, 5.74) is 7.18. The van der Waals surface area contributed by atoms with Crippen LogP contribution in [0.25, 0.3) is 0 Å². The van der Waals surface area contributed by atoms with Gasteiger partial charge in [0.05, 0.1) is 5.75 Å². The molecule has 0 aliphatic carbocycles. The predicted molar refractivity (Wildman–Crippen MR) is 65.0 cm³/mol. The highest BCUT2D eigenvalue weighted by atomic mass is 32.2. The third kappa shape index (κ3) is 5.57. The van der Waals surface area contributed by atoms with Crippen LogP contribution in [0.4, 0.5) is 11.4 Å². The molecule has 0 saturated heterocycles. The summed E-state index contributed by atoms with van der Waals surface area (Å²) >= 11 is 0. The average molecular weight is 244 g/mol. The van der Waals surface area contributed by atoms with Crippen molar-refractivity contribution in [2.24, 2.45) is 0 Å². The van der Waals surface area contributed by atoms with Crippen LogP contribution in [0, 0.1) is 0 Å². The number of unbranched alkanes of at least 4 members (excludes halogenated alkanes) is 1. The van der Waals surface area contributed by atoms with Crippen molar-refractivity contribution in [2.75, 3.05) is 23.3 Å². The molecule has 0 spiro atoms. The van der Waals surface area contributed by atoms with Gasteiger partial charge in [-0.3, -0.25) is 4.55 Å². The van der Waals surface area contributed by atoms with Gasteiger partial charge in [-0.2, -0.15) is 8.42 Å². The second-order valence-electron chi connectivity index (χ2n) is 3.54. The number of nitrogen functional groups attached to an aromatic ring is 1. The maximum Gasteiger partial charge on any atom is 0.264 e. The fraction of sp³-hybridized carbons (Fsp3) is 0.400. The van der Waals surface area contributed by atoms with Crippen molar-refractivity contribution in [1.29, 1.82) is 0 Å². The number of benzene rings is 1. The molecule has 6 heteroatoms. The lowest BCUT2D eigenvalue weighted by Gasteiger charge is -2.05. The minimum Gasteiger partial charge on any atom is -0.399 e. The number of nitrogens with two attached hydrogens (primary N) is 1. The second kappa shape index (κ2) is 5.72. The van der Waals surface area contributed by atoms with Crippen LogP contribution in [0.3, 0.4) is 0 Å². The molecule has 90 valence electrons. The van der Waals surface area contributed by atoms with Crippen LogP contribution in [0.2, 0.25) is 0 Å². The molecule has 5 nitrogen and oxygen atoms in total. The Morgan fingerprint density at radius 1 is 1.19 bits per heavy atom. The van der Waals surface area contributed by atoms with Crippen LogP contribution in [0.5, 0.6) is 0 Å². The van der Waals surface area contributed by atoms with Crippen LogP contribution in [-0.2, 0) is 10.1 Å². The smallest absolute Gasteiger partial charge is 0.264 e. The Morgan fingerprint density at radius 2 is 1.81 bits per heavy atom. The number of rotatable bonds is 6. The average Bonchev–Trinajstić information content (AvgIpc) is 2.19. The van der Waals surface area contributed by atoms with Gasteiger partial charge in [-0.25, -0.2) is 0 Å². The lowest BCUT2D eigenvalue weighted by atomic mass is 10.2. The molecule has 0 atom stereocenters. The van der Waals surface area contributed by atoms with E-state index in [9.17, 15) is 8.42 Å². The van der Waals surface area contributed by atoms with Crippen molar-refractivity contribution in [1.82, 2.24) is 0 Å². The van der Waals surface area contributed by atoms with Gasteiger partial charge < -0.3 is 11.1 Å². The molecule has 0 amide bonds. The molecule has 0 aliphatic rings. The summed E-state index contributed by atoms with van der Waals surface area (Å²) in [5, 5.41) is 3.13. The van der Waals surface area contributed by atoms with Crippen molar-refractivity contribution >= 4 is 21.5 Å². The van der Waals surface area contributed by atoms with Gasteiger partial charge in [-0.1, -0.05) is 0 Å². The highest BCUT2D eigenvalue weighted by molar-refractivity contribution is 7.85. The number of anilines is 2. The van der Waals surface area contributed by atoms with Gasteiger partial charge >= 0.3 is 0 Å². The van der Waals surface area contributed by atoms with Crippen LogP contribution in [0.15, 0.2) is 24.3 Å². The maximum absolute atomic E-state index is 10.4. The lowest BCUT2D eigenvalue weighted by Crippen LogP contribution is -2.07. The Labute approximate surface area is 95.4 Å². The van der Waals surface area contributed by atoms with Gasteiger partial charge in [0.15, 0.2) is 0 Å². The van der Waals surface area contributed by atoms with Crippen LogP contribution >= 0.6 is 0 Å². The molecule has 1 aromatic carbocycles. The zero-order valence-corrected chi connectivity index (χ0v) is 9.70. The zero-order chi connectivity index (χ0) is 12.0. The third-order valence-electron chi connectivity index (χ3n) is 2.07. The molecule has 0 aromatic heterocycles. The molecular weight excluding hydrogens is 228 g/mol. The van der Waals surface area contributed by atoms with Crippen molar-refractivity contribution in [2.45, 2.75) is 12.8 Å². The fourth-order valence-corrected chi connectivity index (χ4v) is 1.81. The molecule has 1 aromatic rings. The van der Waals surface area contributed by atoms with Crippen molar-refractivity contribution in [3.63, 3.8) is 0 Å². The van der Waals surface area contributed by atoms with Gasteiger partial charge in [-0.15, -0.1) is 0 Å². The largest absolute Gasteiger partial charge is 0.399 e. The zero-order valence-electron chi connectivity index (χ0n) is 8.89. The van der Waals surface area contributed by atoms with Crippen molar-refractivity contribution in [3.8, 4) is 0 Å². The highest BCUT2D eigenvalue weighted by Crippen LogP contribution is 2.10. The molecular formula is C10H16N2O3S. The normalized spacial score (nSPS) is 11.3. The molecule has 0 bridgehead atoms. The second-order valence-corrected chi connectivity index (χ2v) is 5.11. The molecule has 1 rings (SSSR count). The number of nitrogens with one attached hydrogen (secondary N) is 1. The van der Waals surface area contributed by atoms with Crippen LogP contribution in [0.1, 0.15) is 12.8 Å². The summed E-state index contributed by atoms with van der Waals surface area (Å²) in [6, 6.07) is 7.30. The van der Waals surface area contributed by atoms with E-state index in [-0.39, 0.29) is 5.75 Å². The molecule has 0 saturated carbocycles. The van der Waals surface area contributed by atoms with Gasteiger partial charge in [0, 0.05) is 17.9 Å². The summed E-state index contributed by atoms with van der Waals surface area (Å²) in [4.78, 5) is 0. The number of hydrogen-bond donors (Lipinski definition) is 3. The summed E-state index contributed by atoms with van der Waals surface area (Å²) in [6.07, 6.45) is 1.13. The SMILES string of the molecule is Nc1ccc(NCCCCS(=O)(=O)O)cc1. The van der Waals surface area contributed by atoms with E-state index in [4.69, 9.17) is 10.3 Å². The van der Waals surface area contributed by atoms with Crippen LogP contribution in [-0.4, -0.2) is 25.3 Å². The predicted octanol–water partition coefficient (Wildman–Crippen LogP) is 1.35. The highest BCUT2D eigenvalue weighted by Gasteiger charge is 2.02. The summed E-state index contributed by atoms with van der Waals surface area (Å²) in [6.45, 7) is 0.666. The maximum atomic E-state index is 10.4. The molecule has 0 aliphatic heterocycles. The molecule has 0 fully saturated rings. The first-order valence-corrected chi connectivity index (χ1v) is 6.63. The topological polar surface area (TPSA) is 92.4 Å². The summed E-state index contributed by atoms with van der Waals surface area (Å²) in [5.74, 6) is -0.184. The van der Waals surface area contributed by atoms with Crippen LogP contribution < -0.4 is 11.1 Å². The van der Waals surface area contributed by atoms with Gasteiger partial charge in [-0.05, 0) is 37.1 Å². The van der Waals surface area contributed by atoms with Gasteiger partial charge in [0.1, 0.15) is 0 Å². The lowest BCUT2D eigenvalue weighted by molar-refractivity contribution is 0.480. The third-order valence-corrected chi connectivity index (χ3v) is 2.87. The van der Waals surface area contributed by atoms with E-state index in [0.717, 1.165) is 5.69 Å². The molecule has 0 heterocycles. The summed E-state index contributed by atoms with van der Waals surface area (Å²) in [7, 11) is -3.82. The Morgan fingerprint density at radius 3 is 2.38 bits per heavy atom. The molecule has 0 unspecified atom stereocenters. The van der Waals surface area contributed by atoms with Gasteiger partial charge in [0.25, 0.3) is 10.1 Å².